The molecule has 0 N–H and O–H groups in total. The van der Waals surface area contributed by atoms with Gasteiger partial charge in [0.2, 0.25) is 0 Å². The lowest BCUT2D eigenvalue weighted by atomic mass is 9.89. The number of rotatable bonds is 2. The summed E-state index contributed by atoms with van der Waals surface area (Å²) in [6.07, 6.45) is 18.3. The minimum Gasteiger partial charge on any atom is -0.294 e. The maximum Gasteiger partial charge on any atom is 0.167 e. The third-order valence-electron chi connectivity index (χ3n) is 4.54. The average Bonchev–Trinajstić information content (AvgIpc) is 2.94. The van der Waals surface area contributed by atoms with Crippen LogP contribution >= 0.6 is 0 Å². The molecule has 0 aromatic rings. The maximum atomic E-state index is 12.2. The number of carbonyl (C=O) groups is 2. The summed E-state index contributed by atoms with van der Waals surface area (Å²) >= 11 is 0. The van der Waals surface area contributed by atoms with Gasteiger partial charge in [-0.3, -0.25) is 9.59 Å². The first-order valence-electron chi connectivity index (χ1n) is 7.53. The predicted molar refractivity (Wildman–Crippen MR) is 81.5 cm³/mol. The number of allylic oxidation sites excluding steroid dienone is 12. The quantitative estimate of drug-likeness (QED) is 0.572. The van der Waals surface area contributed by atoms with E-state index in [0.717, 1.165) is 5.57 Å². The van der Waals surface area contributed by atoms with Crippen LogP contribution in [0.5, 0.6) is 0 Å². The van der Waals surface area contributed by atoms with Crippen molar-refractivity contribution >= 4 is 11.6 Å². The van der Waals surface area contributed by atoms with Gasteiger partial charge in [-0.15, -0.1) is 0 Å². The van der Waals surface area contributed by atoms with Crippen LogP contribution in [0.15, 0.2) is 70.9 Å². The van der Waals surface area contributed by atoms with E-state index in [1.807, 2.05) is 24.3 Å². The first-order chi connectivity index (χ1) is 10.3. The molecule has 0 amide bonds. The van der Waals surface area contributed by atoms with Crippen LogP contribution in [0, 0.1) is 11.8 Å². The van der Waals surface area contributed by atoms with Gasteiger partial charge in [0, 0.05) is 24.7 Å². The predicted octanol–water partition coefficient (Wildman–Crippen LogP) is 3.40. The molecule has 0 saturated heterocycles. The van der Waals surface area contributed by atoms with E-state index >= 15 is 0 Å². The van der Waals surface area contributed by atoms with Gasteiger partial charge in [0.25, 0.3) is 0 Å². The fraction of sp³-hybridized carbons (Fsp3) is 0.263. The maximum absolute atomic E-state index is 12.2. The lowest BCUT2D eigenvalue weighted by Crippen LogP contribution is -2.19. The molecule has 4 aliphatic carbocycles. The summed E-state index contributed by atoms with van der Waals surface area (Å²) in [4.78, 5) is 24.5. The molecule has 0 heterocycles. The number of hydrogen-bond acceptors (Lipinski definition) is 2. The Bertz CT molecular complexity index is 641. The second-order valence-electron chi connectivity index (χ2n) is 5.87. The van der Waals surface area contributed by atoms with Crippen molar-refractivity contribution in [3.8, 4) is 0 Å². The second kappa shape index (κ2) is 4.66. The van der Waals surface area contributed by atoms with E-state index in [0.29, 0.717) is 24.8 Å². The highest BCUT2D eigenvalue weighted by molar-refractivity contribution is 6.24. The molecule has 0 atom stereocenters. The molecule has 4 aliphatic rings. The van der Waals surface area contributed by atoms with Gasteiger partial charge in [0.1, 0.15) is 0 Å². The van der Waals surface area contributed by atoms with Crippen molar-refractivity contribution in [2.45, 2.75) is 19.3 Å². The van der Waals surface area contributed by atoms with E-state index in [1.54, 1.807) is 0 Å². The monoisotopic (exact) mass is 276 g/mol. The van der Waals surface area contributed by atoms with Crippen LogP contribution in [0.3, 0.4) is 0 Å². The topological polar surface area (TPSA) is 34.1 Å². The molecule has 0 aromatic heterocycles. The molecular weight excluding hydrogens is 260 g/mol. The van der Waals surface area contributed by atoms with Crippen LogP contribution in [-0.2, 0) is 9.59 Å². The third kappa shape index (κ3) is 1.94. The van der Waals surface area contributed by atoms with Crippen LogP contribution in [-0.4, -0.2) is 11.6 Å². The SMILES string of the molecule is O=C1CCCC(=O)C1=C1C(C2C=CC=C2)=C1C1C=CC=C1. The zero-order chi connectivity index (χ0) is 14.4. The van der Waals surface area contributed by atoms with E-state index in [-0.39, 0.29) is 23.4 Å². The zero-order valence-corrected chi connectivity index (χ0v) is 11.7. The zero-order valence-electron chi connectivity index (χ0n) is 11.7. The largest absolute Gasteiger partial charge is 0.294 e. The third-order valence-corrected chi connectivity index (χ3v) is 4.54. The smallest absolute Gasteiger partial charge is 0.167 e. The van der Waals surface area contributed by atoms with Crippen LogP contribution in [0.2, 0.25) is 0 Å². The van der Waals surface area contributed by atoms with Crippen LogP contribution in [0.1, 0.15) is 19.3 Å². The molecule has 2 heteroatoms. The fourth-order valence-electron chi connectivity index (χ4n) is 3.52. The molecule has 0 bridgehead atoms. The van der Waals surface area contributed by atoms with Gasteiger partial charge in [0.15, 0.2) is 11.6 Å². The minimum atomic E-state index is 0.0330. The Balaban J connectivity index is 1.79. The van der Waals surface area contributed by atoms with Gasteiger partial charge in [-0.05, 0) is 23.1 Å². The molecule has 0 spiro atoms. The van der Waals surface area contributed by atoms with Crippen LogP contribution in [0.25, 0.3) is 0 Å². The molecule has 104 valence electrons. The highest BCUT2D eigenvalue weighted by atomic mass is 16.1. The molecule has 0 unspecified atom stereocenters. The number of ketones is 2. The normalized spacial score (nSPS) is 25.1. The molecule has 0 aliphatic heterocycles. The van der Waals surface area contributed by atoms with Crippen LogP contribution in [0.4, 0.5) is 0 Å². The summed E-state index contributed by atoms with van der Waals surface area (Å²) in [5, 5.41) is 0. The molecule has 0 aromatic carbocycles. The summed E-state index contributed by atoms with van der Waals surface area (Å²) in [5.74, 6) is 0.524. The van der Waals surface area contributed by atoms with Crippen molar-refractivity contribution in [2.24, 2.45) is 11.8 Å². The van der Waals surface area contributed by atoms with Crippen molar-refractivity contribution in [3.63, 3.8) is 0 Å². The Morgan fingerprint density at radius 2 is 1.10 bits per heavy atom. The first kappa shape index (κ1) is 12.5. The van der Waals surface area contributed by atoms with Crippen molar-refractivity contribution in [2.75, 3.05) is 0 Å². The van der Waals surface area contributed by atoms with Gasteiger partial charge in [-0.1, -0.05) is 48.6 Å². The Morgan fingerprint density at radius 1 is 0.667 bits per heavy atom. The van der Waals surface area contributed by atoms with Crippen LogP contribution < -0.4 is 0 Å². The van der Waals surface area contributed by atoms with Crippen molar-refractivity contribution in [1.82, 2.24) is 0 Å². The van der Waals surface area contributed by atoms with E-state index in [2.05, 4.69) is 24.3 Å². The fourth-order valence-corrected chi connectivity index (χ4v) is 3.52. The summed E-state index contributed by atoms with van der Waals surface area (Å²) in [7, 11) is 0. The van der Waals surface area contributed by atoms with E-state index in [1.165, 1.54) is 11.1 Å². The molecule has 1 saturated carbocycles. The van der Waals surface area contributed by atoms with Gasteiger partial charge in [0.05, 0.1) is 5.57 Å². The molecule has 2 nitrogen and oxygen atoms in total. The highest BCUT2D eigenvalue weighted by Gasteiger charge is 2.43. The molecule has 0 radical (unpaired) electrons. The summed E-state index contributed by atoms with van der Waals surface area (Å²) in [5.41, 5.74) is 3.83. The number of carbonyl (C=O) groups excluding carboxylic acids is 2. The Labute approximate surface area is 123 Å². The molecular formula is C19H16O2. The summed E-state index contributed by atoms with van der Waals surface area (Å²) in [6.45, 7) is 0. The van der Waals surface area contributed by atoms with E-state index in [4.69, 9.17) is 0 Å². The van der Waals surface area contributed by atoms with Gasteiger partial charge < -0.3 is 0 Å². The highest BCUT2D eigenvalue weighted by Crippen LogP contribution is 2.53. The molecule has 4 rings (SSSR count). The molecule has 21 heavy (non-hydrogen) atoms. The lowest BCUT2D eigenvalue weighted by molar-refractivity contribution is -0.123. The van der Waals surface area contributed by atoms with E-state index < -0.39 is 0 Å². The first-order valence-corrected chi connectivity index (χ1v) is 7.53. The van der Waals surface area contributed by atoms with Crippen molar-refractivity contribution < 1.29 is 9.59 Å². The average molecular weight is 276 g/mol. The Kier molecular flexibility index (Phi) is 2.78. The summed E-state index contributed by atoms with van der Waals surface area (Å²) < 4.78 is 0. The Hall–Kier alpha value is -2.22. The number of Topliss-reactive ketones (excluding diaryl/α,β-unsaturated/α-hetero) is 2. The molecule has 1 fully saturated rings. The van der Waals surface area contributed by atoms with Gasteiger partial charge in [-0.25, -0.2) is 0 Å². The lowest BCUT2D eigenvalue weighted by Gasteiger charge is -2.12. The van der Waals surface area contributed by atoms with Gasteiger partial charge in [-0.2, -0.15) is 0 Å². The second-order valence-corrected chi connectivity index (χ2v) is 5.87. The van der Waals surface area contributed by atoms with Crippen molar-refractivity contribution in [3.05, 3.63) is 70.9 Å². The number of hydrogen-bond donors (Lipinski definition) is 0. The van der Waals surface area contributed by atoms with Crippen molar-refractivity contribution in [1.29, 1.82) is 0 Å². The van der Waals surface area contributed by atoms with Gasteiger partial charge >= 0.3 is 0 Å². The summed E-state index contributed by atoms with van der Waals surface area (Å²) in [6, 6.07) is 0. The minimum absolute atomic E-state index is 0.0330. The van der Waals surface area contributed by atoms with E-state index in [9.17, 15) is 9.59 Å². The Morgan fingerprint density at radius 3 is 1.52 bits per heavy atom. The standard InChI is InChI=1S/C19H16O2/c20-14-10-5-11-15(21)18(14)19-16(12-6-1-2-7-12)17(19)13-8-3-4-9-13/h1-4,6-9,12-13H,5,10-11H2.